The summed E-state index contributed by atoms with van der Waals surface area (Å²) < 4.78 is 5.10. The van der Waals surface area contributed by atoms with E-state index in [0.29, 0.717) is 0 Å². The van der Waals surface area contributed by atoms with E-state index in [9.17, 15) is 0 Å². The Hall–Kier alpha value is -1.50. The van der Waals surface area contributed by atoms with Crippen LogP contribution in [0.1, 0.15) is 12.7 Å². The molecule has 0 saturated heterocycles. The molecule has 1 rings (SSSR count). The molecule has 1 heteroatoms. The molecule has 0 atom stereocenters. The zero-order chi connectivity index (χ0) is 8.65. The number of rotatable bonds is 3. The van der Waals surface area contributed by atoms with Gasteiger partial charge in [-0.05, 0) is 25.1 Å². The molecular formula is C11H12O. The maximum atomic E-state index is 5.10. The van der Waals surface area contributed by atoms with Gasteiger partial charge in [0.05, 0.1) is 6.26 Å². The van der Waals surface area contributed by atoms with Crippen molar-refractivity contribution in [3.05, 3.63) is 54.5 Å². The van der Waals surface area contributed by atoms with Gasteiger partial charge in [0.1, 0.15) is 5.76 Å². The molecule has 0 spiro atoms. The summed E-state index contributed by atoms with van der Waals surface area (Å²) in [5.41, 5.74) is 0. The Bertz CT molecular complexity index is 276. The van der Waals surface area contributed by atoms with E-state index in [0.717, 1.165) is 5.76 Å². The van der Waals surface area contributed by atoms with E-state index < -0.39 is 0 Å². The van der Waals surface area contributed by atoms with Gasteiger partial charge in [0, 0.05) is 0 Å². The SMILES string of the molecule is CC=CC=CC=Cc1ccco1. The summed E-state index contributed by atoms with van der Waals surface area (Å²) >= 11 is 0. The first kappa shape index (κ1) is 8.60. The minimum Gasteiger partial charge on any atom is -0.465 e. The molecule has 0 aliphatic rings. The van der Waals surface area contributed by atoms with Gasteiger partial charge in [0.2, 0.25) is 0 Å². The molecule has 1 aromatic rings. The van der Waals surface area contributed by atoms with Crippen molar-refractivity contribution >= 4 is 6.08 Å². The van der Waals surface area contributed by atoms with Crippen LogP contribution in [-0.2, 0) is 0 Å². The lowest BCUT2D eigenvalue weighted by atomic mass is 10.3. The van der Waals surface area contributed by atoms with Crippen molar-refractivity contribution in [2.75, 3.05) is 0 Å². The summed E-state index contributed by atoms with van der Waals surface area (Å²) in [4.78, 5) is 0. The van der Waals surface area contributed by atoms with Crippen molar-refractivity contribution in [1.29, 1.82) is 0 Å². The average molecular weight is 160 g/mol. The highest BCUT2D eigenvalue weighted by Gasteiger charge is 1.82. The van der Waals surface area contributed by atoms with Gasteiger partial charge in [-0.3, -0.25) is 0 Å². The Kier molecular flexibility index (Phi) is 3.72. The lowest BCUT2D eigenvalue weighted by Gasteiger charge is -1.78. The molecule has 0 aliphatic heterocycles. The lowest BCUT2D eigenvalue weighted by molar-refractivity contribution is 0.557. The summed E-state index contributed by atoms with van der Waals surface area (Å²) in [5.74, 6) is 0.875. The Morgan fingerprint density at radius 3 is 2.67 bits per heavy atom. The van der Waals surface area contributed by atoms with E-state index in [2.05, 4.69) is 0 Å². The zero-order valence-corrected chi connectivity index (χ0v) is 7.10. The maximum Gasteiger partial charge on any atom is 0.126 e. The number of furan rings is 1. The van der Waals surface area contributed by atoms with Gasteiger partial charge < -0.3 is 4.42 Å². The van der Waals surface area contributed by atoms with Crippen LogP contribution < -0.4 is 0 Å². The molecule has 12 heavy (non-hydrogen) atoms. The van der Waals surface area contributed by atoms with Crippen molar-refractivity contribution in [2.45, 2.75) is 6.92 Å². The summed E-state index contributed by atoms with van der Waals surface area (Å²) in [7, 11) is 0. The van der Waals surface area contributed by atoms with Crippen molar-refractivity contribution in [1.82, 2.24) is 0 Å². The highest BCUT2D eigenvalue weighted by molar-refractivity contribution is 5.44. The quantitative estimate of drug-likeness (QED) is 0.617. The molecule has 1 nitrogen and oxygen atoms in total. The summed E-state index contributed by atoms with van der Waals surface area (Å²) in [6.45, 7) is 1.99. The first-order valence-electron chi connectivity index (χ1n) is 3.93. The van der Waals surface area contributed by atoms with E-state index in [4.69, 9.17) is 4.42 Å². The second-order valence-corrected chi connectivity index (χ2v) is 2.29. The van der Waals surface area contributed by atoms with Crippen LogP contribution in [0.2, 0.25) is 0 Å². The minimum atomic E-state index is 0.875. The number of allylic oxidation sites excluding steroid dienone is 5. The van der Waals surface area contributed by atoms with E-state index in [-0.39, 0.29) is 0 Å². The van der Waals surface area contributed by atoms with Gasteiger partial charge in [0.15, 0.2) is 0 Å². The van der Waals surface area contributed by atoms with Crippen LogP contribution in [-0.4, -0.2) is 0 Å². The van der Waals surface area contributed by atoms with E-state index in [1.54, 1.807) is 6.26 Å². The second kappa shape index (κ2) is 5.19. The highest BCUT2D eigenvalue weighted by Crippen LogP contribution is 2.01. The molecule has 0 saturated carbocycles. The fraction of sp³-hybridized carbons (Fsp3) is 0.0909. The van der Waals surface area contributed by atoms with E-state index in [1.165, 1.54) is 0 Å². The number of hydrogen-bond acceptors (Lipinski definition) is 1. The molecule has 0 fully saturated rings. The van der Waals surface area contributed by atoms with Gasteiger partial charge in [0.25, 0.3) is 0 Å². The van der Waals surface area contributed by atoms with Crippen molar-refractivity contribution in [3.8, 4) is 0 Å². The smallest absolute Gasteiger partial charge is 0.126 e. The highest BCUT2D eigenvalue weighted by atomic mass is 16.3. The van der Waals surface area contributed by atoms with Gasteiger partial charge in [-0.1, -0.05) is 30.4 Å². The Labute approximate surface area is 72.7 Å². The van der Waals surface area contributed by atoms with Crippen molar-refractivity contribution in [2.24, 2.45) is 0 Å². The lowest BCUT2D eigenvalue weighted by Crippen LogP contribution is -1.57. The van der Waals surface area contributed by atoms with Crippen LogP contribution in [0.4, 0.5) is 0 Å². The third-order valence-corrected chi connectivity index (χ3v) is 1.33. The Morgan fingerprint density at radius 2 is 2.00 bits per heavy atom. The van der Waals surface area contributed by atoms with Gasteiger partial charge in [-0.2, -0.15) is 0 Å². The normalized spacial score (nSPS) is 12.4. The van der Waals surface area contributed by atoms with Crippen LogP contribution in [0.25, 0.3) is 6.08 Å². The molecule has 0 N–H and O–H groups in total. The van der Waals surface area contributed by atoms with Crippen molar-refractivity contribution < 1.29 is 4.42 Å². The molecule has 0 aliphatic carbocycles. The first-order valence-corrected chi connectivity index (χ1v) is 3.93. The van der Waals surface area contributed by atoms with Gasteiger partial charge >= 0.3 is 0 Å². The molecule has 0 bridgehead atoms. The van der Waals surface area contributed by atoms with E-state index >= 15 is 0 Å². The number of hydrogen-bond donors (Lipinski definition) is 0. The predicted octanol–water partition coefficient (Wildman–Crippen LogP) is 3.43. The largest absolute Gasteiger partial charge is 0.465 e. The average Bonchev–Trinajstić information content (AvgIpc) is 2.57. The second-order valence-electron chi connectivity index (χ2n) is 2.29. The van der Waals surface area contributed by atoms with Crippen LogP contribution in [0.15, 0.2) is 53.2 Å². The van der Waals surface area contributed by atoms with Crippen LogP contribution in [0, 0.1) is 0 Å². The fourth-order valence-corrected chi connectivity index (χ4v) is 0.776. The standard InChI is InChI=1S/C11H12O/c1-2-3-4-5-6-8-11-9-7-10-12-11/h2-10H,1H3. The molecular weight excluding hydrogens is 148 g/mol. The molecule has 1 heterocycles. The third-order valence-electron chi connectivity index (χ3n) is 1.33. The fourth-order valence-electron chi connectivity index (χ4n) is 0.776. The Balaban J connectivity index is 2.41. The zero-order valence-electron chi connectivity index (χ0n) is 7.10. The van der Waals surface area contributed by atoms with Gasteiger partial charge in [-0.25, -0.2) is 0 Å². The maximum absolute atomic E-state index is 5.10. The summed E-state index contributed by atoms with van der Waals surface area (Å²) in [6.07, 6.45) is 13.4. The molecule has 62 valence electrons. The molecule has 0 radical (unpaired) electrons. The monoisotopic (exact) mass is 160 g/mol. The molecule has 0 amide bonds. The topological polar surface area (TPSA) is 13.1 Å². The van der Waals surface area contributed by atoms with E-state index in [1.807, 2.05) is 55.5 Å². The minimum absolute atomic E-state index is 0.875. The van der Waals surface area contributed by atoms with Crippen molar-refractivity contribution in [3.63, 3.8) is 0 Å². The third kappa shape index (κ3) is 3.06. The van der Waals surface area contributed by atoms with Gasteiger partial charge in [-0.15, -0.1) is 0 Å². The summed E-state index contributed by atoms with van der Waals surface area (Å²) in [6, 6.07) is 3.79. The Morgan fingerprint density at radius 1 is 1.17 bits per heavy atom. The van der Waals surface area contributed by atoms with Crippen LogP contribution in [0.3, 0.4) is 0 Å². The molecule has 0 aromatic carbocycles. The van der Waals surface area contributed by atoms with Crippen LogP contribution >= 0.6 is 0 Å². The van der Waals surface area contributed by atoms with Crippen LogP contribution in [0.5, 0.6) is 0 Å². The first-order chi connectivity index (χ1) is 5.93. The summed E-state index contributed by atoms with van der Waals surface area (Å²) in [5, 5.41) is 0. The molecule has 1 aromatic heterocycles. The predicted molar refractivity (Wildman–Crippen MR) is 51.7 cm³/mol. The molecule has 0 unspecified atom stereocenters.